The van der Waals surface area contributed by atoms with Gasteiger partial charge >= 0.3 is 0 Å². The van der Waals surface area contributed by atoms with Gasteiger partial charge in [-0.05, 0) is 34.8 Å². The molecule has 0 amide bonds. The summed E-state index contributed by atoms with van der Waals surface area (Å²) >= 11 is 7.26. The normalized spacial score (nSPS) is 12.8. The summed E-state index contributed by atoms with van der Waals surface area (Å²) in [4.78, 5) is 13.5. The second kappa shape index (κ2) is 6.59. The molecule has 2 aromatic carbocycles. The molecule has 0 aliphatic rings. The molecule has 0 unspecified atom stereocenters. The van der Waals surface area contributed by atoms with Gasteiger partial charge in [-0.2, -0.15) is 0 Å². The van der Waals surface area contributed by atoms with Gasteiger partial charge in [0.05, 0.1) is 4.53 Å². The lowest BCUT2D eigenvalue weighted by Crippen LogP contribution is -2.23. The summed E-state index contributed by atoms with van der Waals surface area (Å²) in [5, 5.41) is 9.09. The molecular formula is C21H18ClN3OS. The van der Waals surface area contributed by atoms with Gasteiger partial charge in [0.25, 0.3) is 5.56 Å². The van der Waals surface area contributed by atoms with E-state index in [1.165, 1.54) is 16.9 Å². The Morgan fingerprint density at radius 3 is 2.30 bits per heavy atom. The van der Waals surface area contributed by atoms with Crippen LogP contribution in [0.3, 0.4) is 0 Å². The van der Waals surface area contributed by atoms with E-state index in [1.807, 2.05) is 30.3 Å². The highest BCUT2D eigenvalue weighted by molar-refractivity contribution is 7.15. The van der Waals surface area contributed by atoms with Crippen molar-refractivity contribution in [2.75, 3.05) is 0 Å². The zero-order chi connectivity index (χ0) is 19.2. The van der Waals surface area contributed by atoms with Crippen molar-refractivity contribution in [3.63, 3.8) is 0 Å². The first kappa shape index (κ1) is 17.9. The molecule has 136 valence electrons. The van der Waals surface area contributed by atoms with E-state index in [1.54, 1.807) is 16.5 Å². The number of hydrogen-bond acceptors (Lipinski definition) is 4. The average molecular weight is 396 g/mol. The molecule has 0 fully saturated rings. The van der Waals surface area contributed by atoms with Gasteiger partial charge in [-0.15, -0.1) is 10.2 Å². The summed E-state index contributed by atoms with van der Waals surface area (Å²) in [6, 6.07) is 15.5. The number of hydrogen-bond donors (Lipinski definition) is 0. The third-order valence-electron chi connectivity index (χ3n) is 4.43. The molecule has 2 aromatic heterocycles. The predicted molar refractivity (Wildman–Crippen MR) is 112 cm³/mol. The number of rotatable bonds is 2. The highest BCUT2D eigenvalue weighted by Gasteiger charge is 2.16. The zero-order valence-corrected chi connectivity index (χ0v) is 16.8. The number of thiazole rings is 1. The van der Waals surface area contributed by atoms with Crippen LogP contribution in [0.1, 0.15) is 31.9 Å². The smallest absolute Gasteiger partial charge is 0.267 e. The summed E-state index contributed by atoms with van der Waals surface area (Å²) in [7, 11) is 0. The summed E-state index contributed by atoms with van der Waals surface area (Å²) in [5.41, 5.74) is 3.00. The Bertz CT molecular complexity index is 1220. The lowest BCUT2D eigenvalue weighted by atomic mass is 9.87. The van der Waals surface area contributed by atoms with Crippen molar-refractivity contribution in [1.82, 2.24) is 14.6 Å². The number of fused-ring (bicyclic) bond motifs is 1. The van der Waals surface area contributed by atoms with Crippen molar-refractivity contribution >= 4 is 34.0 Å². The van der Waals surface area contributed by atoms with Crippen LogP contribution >= 0.6 is 22.9 Å². The van der Waals surface area contributed by atoms with E-state index in [4.69, 9.17) is 11.6 Å². The topological polar surface area (TPSA) is 47.3 Å². The Labute approximate surface area is 165 Å². The fourth-order valence-corrected chi connectivity index (χ4v) is 3.92. The van der Waals surface area contributed by atoms with Crippen LogP contribution in [0.5, 0.6) is 0 Å². The second-order valence-electron chi connectivity index (χ2n) is 7.44. The van der Waals surface area contributed by atoms with E-state index in [-0.39, 0.29) is 11.0 Å². The minimum Gasteiger partial charge on any atom is -0.267 e. The van der Waals surface area contributed by atoms with Gasteiger partial charge in [0.1, 0.15) is 0 Å². The molecular weight excluding hydrogens is 378 g/mol. The second-order valence-corrected chi connectivity index (χ2v) is 8.88. The van der Waals surface area contributed by atoms with Gasteiger partial charge in [0.2, 0.25) is 4.96 Å². The van der Waals surface area contributed by atoms with Crippen molar-refractivity contribution in [2.45, 2.75) is 26.2 Å². The summed E-state index contributed by atoms with van der Waals surface area (Å²) in [5.74, 6) is 0.572. The largest absolute Gasteiger partial charge is 0.276 e. The van der Waals surface area contributed by atoms with Crippen molar-refractivity contribution in [1.29, 1.82) is 0 Å². The van der Waals surface area contributed by atoms with Crippen LogP contribution in [0, 0.1) is 0 Å². The molecule has 0 radical (unpaired) electrons. The lowest BCUT2D eigenvalue weighted by molar-refractivity contribution is 0.590. The van der Waals surface area contributed by atoms with Gasteiger partial charge in [-0.25, -0.2) is 4.40 Å². The van der Waals surface area contributed by atoms with Crippen molar-refractivity contribution in [2.24, 2.45) is 0 Å². The molecule has 0 saturated heterocycles. The third kappa shape index (κ3) is 3.40. The van der Waals surface area contributed by atoms with Crippen LogP contribution in [0.2, 0.25) is 5.02 Å². The molecule has 4 rings (SSSR count). The molecule has 4 nitrogen and oxygen atoms in total. The molecule has 0 atom stereocenters. The predicted octanol–water partition coefficient (Wildman–Crippen LogP) is 4.32. The quantitative estimate of drug-likeness (QED) is 0.508. The van der Waals surface area contributed by atoms with E-state index in [0.717, 1.165) is 11.1 Å². The van der Waals surface area contributed by atoms with Gasteiger partial charge in [-0.3, -0.25) is 4.79 Å². The molecule has 0 bridgehead atoms. The van der Waals surface area contributed by atoms with E-state index >= 15 is 0 Å². The highest BCUT2D eigenvalue weighted by Crippen LogP contribution is 2.25. The molecule has 4 aromatic rings. The molecule has 2 heterocycles. The minimum atomic E-state index is -0.107. The standard InChI is InChI=1S/C21H18ClN3OS/c1-21(2,3)15-8-6-14(7-9-15)18-23-24-20-25(18)19(26)17(27-20)12-13-4-10-16(22)11-5-13/h4-12H,1-3H3/b17-12-. The third-order valence-corrected chi connectivity index (χ3v) is 5.64. The van der Waals surface area contributed by atoms with Crippen LogP contribution in [-0.4, -0.2) is 14.6 Å². The maximum Gasteiger partial charge on any atom is 0.276 e. The maximum atomic E-state index is 12.9. The first-order chi connectivity index (χ1) is 12.8. The molecule has 0 N–H and O–H groups in total. The first-order valence-electron chi connectivity index (χ1n) is 8.59. The van der Waals surface area contributed by atoms with Crippen molar-refractivity contribution < 1.29 is 0 Å². The van der Waals surface area contributed by atoms with E-state index < -0.39 is 0 Å². The van der Waals surface area contributed by atoms with E-state index in [9.17, 15) is 4.79 Å². The number of nitrogens with zero attached hydrogens (tertiary/aromatic N) is 3. The molecule has 0 saturated carbocycles. The van der Waals surface area contributed by atoms with Crippen LogP contribution < -0.4 is 10.1 Å². The Morgan fingerprint density at radius 1 is 1.00 bits per heavy atom. The fourth-order valence-electron chi connectivity index (χ4n) is 2.88. The number of halogens is 1. The van der Waals surface area contributed by atoms with Gasteiger partial charge in [-0.1, -0.05) is 80.1 Å². The van der Waals surface area contributed by atoms with Gasteiger partial charge in [0.15, 0.2) is 5.82 Å². The lowest BCUT2D eigenvalue weighted by Gasteiger charge is -2.18. The summed E-state index contributed by atoms with van der Waals surface area (Å²) in [6.45, 7) is 6.51. The maximum absolute atomic E-state index is 12.9. The molecule has 0 aliphatic carbocycles. The van der Waals surface area contributed by atoms with Crippen LogP contribution in [0.15, 0.2) is 53.3 Å². The molecule has 0 spiro atoms. The fraction of sp³-hybridized carbons (Fsp3) is 0.190. The minimum absolute atomic E-state index is 0.0749. The van der Waals surface area contributed by atoms with Gasteiger partial charge < -0.3 is 0 Å². The number of benzene rings is 2. The molecule has 0 aliphatic heterocycles. The van der Waals surface area contributed by atoms with E-state index in [2.05, 4.69) is 43.1 Å². The SMILES string of the molecule is CC(C)(C)c1ccc(-c2nnc3s/c(=C\c4ccc(Cl)cc4)c(=O)n23)cc1. The summed E-state index contributed by atoms with van der Waals surface area (Å²) in [6.07, 6.45) is 1.85. The van der Waals surface area contributed by atoms with Crippen molar-refractivity contribution in [3.8, 4) is 11.4 Å². The average Bonchev–Trinajstić information content (AvgIpc) is 3.17. The molecule has 6 heteroatoms. The Morgan fingerprint density at radius 2 is 1.67 bits per heavy atom. The monoisotopic (exact) mass is 395 g/mol. The van der Waals surface area contributed by atoms with Crippen LogP contribution in [0.25, 0.3) is 22.4 Å². The molecule has 27 heavy (non-hydrogen) atoms. The van der Waals surface area contributed by atoms with Crippen molar-refractivity contribution in [3.05, 3.63) is 79.6 Å². The Kier molecular flexibility index (Phi) is 4.36. The van der Waals surface area contributed by atoms with Gasteiger partial charge in [0, 0.05) is 10.6 Å². The number of aromatic nitrogens is 3. The van der Waals surface area contributed by atoms with Crippen LogP contribution in [-0.2, 0) is 5.41 Å². The first-order valence-corrected chi connectivity index (χ1v) is 9.78. The Balaban J connectivity index is 1.81. The zero-order valence-electron chi connectivity index (χ0n) is 15.2. The highest BCUT2D eigenvalue weighted by atomic mass is 35.5. The van der Waals surface area contributed by atoms with E-state index in [0.29, 0.717) is 20.3 Å². The Hall–Kier alpha value is -2.50. The van der Waals surface area contributed by atoms with Crippen LogP contribution in [0.4, 0.5) is 0 Å². The summed E-state index contributed by atoms with van der Waals surface area (Å²) < 4.78 is 2.20.